The molecule has 2 fully saturated rings. The normalized spacial score (nSPS) is 26.0. The predicted molar refractivity (Wildman–Crippen MR) is 117 cm³/mol. The number of carbonyl (C=O) groups is 3. The zero-order valence-electron chi connectivity index (χ0n) is 17.3. The highest BCUT2D eigenvalue weighted by Crippen LogP contribution is 2.52. The van der Waals surface area contributed by atoms with Gasteiger partial charge in [0.15, 0.2) is 0 Å². The predicted octanol–water partition coefficient (Wildman–Crippen LogP) is 3.13. The van der Waals surface area contributed by atoms with Gasteiger partial charge in [0, 0.05) is 12.5 Å². The maximum atomic E-state index is 12.8. The summed E-state index contributed by atoms with van der Waals surface area (Å²) in [6.07, 6.45) is 5.76. The van der Waals surface area contributed by atoms with Crippen molar-refractivity contribution in [2.24, 2.45) is 23.7 Å². The van der Waals surface area contributed by atoms with E-state index >= 15 is 0 Å². The summed E-state index contributed by atoms with van der Waals surface area (Å²) < 4.78 is 0. The Morgan fingerprint density at radius 1 is 0.871 bits per heavy atom. The average Bonchev–Trinajstić information content (AvgIpc) is 3.48. The van der Waals surface area contributed by atoms with Gasteiger partial charge < -0.3 is 5.32 Å². The third-order valence-corrected chi connectivity index (χ3v) is 7.02. The van der Waals surface area contributed by atoms with E-state index in [1.807, 2.05) is 36.4 Å². The summed E-state index contributed by atoms with van der Waals surface area (Å²) >= 11 is 0. The summed E-state index contributed by atoms with van der Waals surface area (Å²) in [6.45, 7) is 0.300. The topological polar surface area (TPSA) is 66.5 Å². The van der Waals surface area contributed by atoms with Gasteiger partial charge in [0.1, 0.15) is 6.54 Å². The van der Waals surface area contributed by atoms with E-state index in [-0.39, 0.29) is 53.9 Å². The van der Waals surface area contributed by atoms with Crippen molar-refractivity contribution in [3.63, 3.8) is 0 Å². The Morgan fingerprint density at radius 2 is 1.39 bits per heavy atom. The third kappa shape index (κ3) is 3.58. The van der Waals surface area contributed by atoms with E-state index in [2.05, 4.69) is 41.7 Å². The molecule has 0 radical (unpaired) electrons. The van der Waals surface area contributed by atoms with E-state index in [0.29, 0.717) is 6.54 Å². The SMILES string of the molecule is O=C(CN1C(=O)C2C3C=CC(C3)C2C1=O)NCCC(c1ccccc1)c1ccccc1. The number of nitrogens with one attached hydrogen (secondary N) is 1. The van der Waals surface area contributed by atoms with Crippen molar-refractivity contribution in [3.8, 4) is 0 Å². The zero-order valence-corrected chi connectivity index (χ0v) is 17.3. The Kier molecular flexibility index (Phi) is 5.18. The van der Waals surface area contributed by atoms with E-state index in [0.717, 1.165) is 12.8 Å². The molecule has 0 aromatic heterocycles. The molecule has 4 unspecified atom stereocenters. The second-order valence-corrected chi connectivity index (χ2v) is 8.78. The molecule has 1 aliphatic heterocycles. The Labute approximate surface area is 182 Å². The number of rotatable bonds is 7. The van der Waals surface area contributed by atoms with Gasteiger partial charge >= 0.3 is 0 Å². The van der Waals surface area contributed by atoms with Crippen molar-refractivity contribution in [1.29, 1.82) is 0 Å². The van der Waals surface area contributed by atoms with Gasteiger partial charge in [-0.05, 0) is 35.8 Å². The first-order valence-corrected chi connectivity index (χ1v) is 11.0. The second kappa shape index (κ2) is 8.14. The number of carbonyl (C=O) groups excluding carboxylic acids is 3. The minimum atomic E-state index is -0.276. The van der Waals surface area contributed by atoms with Crippen LogP contribution in [0.2, 0.25) is 0 Å². The lowest BCUT2D eigenvalue weighted by Crippen LogP contribution is -2.42. The third-order valence-electron chi connectivity index (χ3n) is 7.02. The lowest BCUT2D eigenvalue weighted by molar-refractivity contribution is -0.144. The molecule has 2 aliphatic carbocycles. The smallest absolute Gasteiger partial charge is 0.240 e. The fourth-order valence-corrected chi connectivity index (χ4v) is 5.57. The van der Waals surface area contributed by atoms with Crippen LogP contribution in [0.15, 0.2) is 72.8 Å². The summed E-state index contributed by atoms with van der Waals surface area (Å²) in [5, 5.41) is 2.92. The molecular formula is C26H26N2O3. The molecule has 2 bridgehead atoms. The lowest BCUT2D eigenvalue weighted by atomic mass is 9.85. The Hall–Kier alpha value is -3.21. The standard InChI is InChI=1S/C26H26N2O3/c29-22(16-28-25(30)23-19-11-12-20(15-19)24(23)26(28)31)27-14-13-21(17-7-3-1-4-8-17)18-9-5-2-6-10-18/h1-12,19-21,23-24H,13-16H2,(H,27,29). The van der Waals surface area contributed by atoms with Gasteiger partial charge in [0.05, 0.1) is 11.8 Å². The van der Waals surface area contributed by atoms with Crippen molar-refractivity contribution in [1.82, 2.24) is 10.2 Å². The number of hydrogen-bond donors (Lipinski definition) is 1. The molecule has 5 heteroatoms. The molecule has 1 N–H and O–H groups in total. The zero-order chi connectivity index (χ0) is 21.4. The number of nitrogens with zero attached hydrogens (tertiary/aromatic N) is 1. The lowest BCUT2D eigenvalue weighted by Gasteiger charge is -2.20. The number of amides is 3. The first-order chi connectivity index (χ1) is 15.1. The van der Waals surface area contributed by atoms with Crippen LogP contribution in [0.3, 0.4) is 0 Å². The minimum absolute atomic E-state index is 0.164. The summed E-state index contributed by atoms with van der Waals surface area (Å²) in [7, 11) is 0. The van der Waals surface area contributed by atoms with Gasteiger partial charge in [-0.3, -0.25) is 19.3 Å². The largest absolute Gasteiger partial charge is 0.355 e. The van der Waals surface area contributed by atoms with E-state index in [1.165, 1.54) is 16.0 Å². The van der Waals surface area contributed by atoms with Gasteiger partial charge in [-0.15, -0.1) is 0 Å². The number of hydrogen-bond acceptors (Lipinski definition) is 3. The molecule has 31 heavy (non-hydrogen) atoms. The van der Waals surface area contributed by atoms with Gasteiger partial charge in [0.2, 0.25) is 17.7 Å². The quantitative estimate of drug-likeness (QED) is 0.559. The first kappa shape index (κ1) is 19.7. The highest BCUT2D eigenvalue weighted by atomic mass is 16.2. The van der Waals surface area contributed by atoms with Crippen LogP contribution in [0, 0.1) is 23.7 Å². The maximum Gasteiger partial charge on any atom is 0.240 e. The fourth-order valence-electron chi connectivity index (χ4n) is 5.57. The maximum absolute atomic E-state index is 12.8. The van der Waals surface area contributed by atoms with Crippen LogP contribution in [0.25, 0.3) is 0 Å². The molecule has 2 aromatic rings. The van der Waals surface area contributed by atoms with Crippen molar-refractivity contribution in [2.75, 3.05) is 13.1 Å². The van der Waals surface area contributed by atoms with Crippen molar-refractivity contribution < 1.29 is 14.4 Å². The number of imide groups is 1. The minimum Gasteiger partial charge on any atom is -0.355 e. The van der Waals surface area contributed by atoms with Crippen LogP contribution in [0.1, 0.15) is 29.9 Å². The molecule has 3 aliphatic rings. The van der Waals surface area contributed by atoms with E-state index in [1.54, 1.807) is 0 Å². The van der Waals surface area contributed by atoms with Crippen molar-refractivity contribution >= 4 is 17.7 Å². The van der Waals surface area contributed by atoms with E-state index in [4.69, 9.17) is 0 Å². The molecule has 158 valence electrons. The van der Waals surface area contributed by atoms with Gasteiger partial charge in [0.25, 0.3) is 0 Å². The molecule has 3 amide bonds. The molecule has 4 atom stereocenters. The number of benzene rings is 2. The van der Waals surface area contributed by atoms with Crippen LogP contribution >= 0.6 is 0 Å². The molecule has 1 saturated carbocycles. The molecule has 1 heterocycles. The average molecular weight is 415 g/mol. The number of allylic oxidation sites excluding steroid dienone is 2. The van der Waals surface area contributed by atoms with Gasteiger partial charge in [-0.25, -0.2) is 0 Å². The Bertz CT molecular complexity index is 948. The Balaban J connectivity index is 1.20. The molecule has 5 rings (SSSR count). The van der Waals surface area contributed by atoms with Crippen LogP contribution in [-0.2, 0) is 14.4 Å². The van der Waals surface area contributed by atoms with Crippen LogP contribution < -0.4 is 5.32 Å². The monoisotopic (exact) mass is 414 g/mol. The van der Waals surface area contributed by atoms with Gasteiger partial charge in [-0.1, -0.05) is 72.8 Å². The number of fused-ring (bicyclic) bond motifs is 5. The molecule has 2 aromatic carbocycles. The molecule has 1 saturated heterocycles. The van der Waals surface area contributed by atoms with Crippen molar-refractivity contribution in [3.05, 3.63) is 83.9 Å². The molecule has 0 spiro atoms. The molecule has 5 nitrogen and oxygen atoms in total. The van der Waals surface area contributed by atoms with Crippen LogP contribution in [0.4, 0.5) is 0 Å². The first-order valence-electron chi connectivity index (χ1n) is 11.0. The summed E-state index contributed by atoms with van der Waals surface area (Å²) in [5.74, 6) is -0.636. The molecular weight excluding hydrogens is 388 g/mol. The van der Waals surface area contributed by atoms with Crippen molar-refractivity contribution in [2.45, 2.75) is 18.8 Å². The summed E-state index contributed by atoms with van der Waals surface area (Å²) in [4.78, 5) is 39.3. The fraction of sp³-hybridized carbons (Fsp3) is 0.346. The Morgan fingerprint density at radius 3 is 1.90 bits per heavy atom. The highest BCUT2D eigenvalue weighted by molar-refractivity contribution is 6.08. The van der Waals surface area contributed by atoms with E-state index < -0.39 is 0 Å². The van der Waals surface area contributed by atoms with E-state index in [9.17, 15) is 14.4 Å². The summed E-state index contributed by atoms with van der Waals surface area (Å²) in [6, 6.07) is 20.5. The van der Waals surface area contributed by atoms with Gasteiger partial charge in [-0.2, -0.15) is 0 Å². The highest BCUT2D eigenvalue weighted by Gasteiger charge is 2.59. The van der Waals surface area contributed by atoms with Crippen LogP contribution in [-0.4, -0.2) is 35.7 Å². The summed E-state index contributed by atoms with van der Waals surface area (Å²) in [5.41, 5.74) is 2.40. The number of likely N-dealkylation sites (tertiary alicyclic amines) is 1. The second-order valence-electron chi connectivity index (χ2n) is 8.78. The van der Waals surface area contributed by atoms with Crippen LogP contribution in [0.5, 0.6) is 0 Å².